The molecule has 24 heavy (non-hydrogen) atoms. The quantitative estimate of drug-likeness (QED) is 0.792. The van der Waals surface area contributed by atoms with Gasteiger partial charge in [-0.15, -0.1) is 12.4 Å². The number of rotatable bonds is 2. The number of carbonyl (C=O) groups excluding carboxylic acids is 1. The van der Waals surface area contributed by atoms with Crippen LogP contribution in [0.3, 0.4) is 0 Å². The fourth-order valence-corrected chi connectivity index (χ4v) is 2.72. The molecule has 0 aliphatic carbocycles. The van der Waals surface area contributed by atoms with Crippen molar-refractivity contribution >= 4 is 35.5 Å². The minimum Gasteiger partial charge on any atom is -0.399 e. The normalized spacial score (nSPS) is 20.5. The lowest BCUT2D eigenvalue weighted by Gasteiger charge is -2.36. The van der Waals surface area contributed by atoms with Gasteiger partial charge in [-0.25, -0.2) is 4.39 Å². The molecule has 1 aliphatic rings. The van der Waals surface area contributed by atoms with Crippen LogP contribution in [0.1, 0.15) is 12.5 Å². The molecule has 1 amide bonds. The van der Waals surface area contributed by atoms with Crippen LogP contribution in [-0.4, -0.2) is 28.1 Å². The van der Waals surface area contributed by atoms with E-state index in [9.17, 15) is 9.18 Å². The van der Waals surface area contributed by atoms with Crippen LogP contribution in [0.25, 0.3) is 0 Å². The van der Waals surface area contributed by atoms with Crippen LogP contribution in [0.15, 0.2) is 35.6 Å². The molecule has 2 aromatic rings. The SMILES string of the molecule is Cl.Cn1cc(N2CC(C)(c3cc(N)ccc3F)N=C(N)C2=O)cn1. The van der Waals surface area contributed by atoms with Crippen molar-refractivity contribution in [2.45, 2.75) is 12.5 Å². The number of carbonyl (C=O) groups is 1. The lowest BCUT2D eigenvalue weighted by molar-refractivity contribution is -0.113. The van der Waals surface area contributed by atoms with Crippen molar-refractivity contribution in [3.63, 3.8) is 0 Å². The van der Waals surface area contributed by atoms with Gasteiger partial charge in [0, 0.05) is 24.5 Å². The Morgan fingerprint density at radius 2 is 2.04 bits per heavy atom. The fourth-order valence-electron chi connectivity index (χ4n) is 2.72. The molecule has 4 N–H and O–H groups in total. The van der Waals surface area contributed by atoms with Crippen molar-refractivity contribution in [1.82, 2.24) is 9.78 Å². The molecule has 1 aliphatic heterocycles. The lowest BCUT2D eigenvalue weighted by atomic mass is 9.89. The van der Waals surface area contributed by atoms with Crippen molar-refractivity contribution in [2.75, 3.05) is 17.2 Å². The number of nitrogens with two attached hydrogens (primary N) is 2. The van der Waals surface area contributed by atoms with Crippen LogP contribution < -0.4 is 16.4 Å². The number of hydrogen-bond donors (Lipinski definition) is 2. The highest BCUT2D eigenvalue weighted by Gasteiger charge is 2.40. The minimum atomic E-state index is -1.03. The highest BCUT2D eigenvalue weighted by Crippen LogP contribution is 2.34. The van der Waals surface area contributed by atoms with E-state index >= 15 is 0 Å². The molecular weight excluding hydrogens is 335 g/mol. The van der Waals surface area contributed by atoms with Gasteiger partial charge in [0.25, 0.3) is 5.91 Å². The number of aliphatic imine (C=N–C) groups is 1. The second-order valence-corrected chi connectivity index (χ2v) is 5.77. The maximum Gasteiger partial charge on any atom is 0.293 e. The van der Waals surface area contributed by atoms with Crippen molar-refractivity contribution in [2.24, 2.45) is 17.8 Å². The first-order valence-electron chi connectivity index (χ1n) is 7.01. The molecule has 0 saturated carbocycles. The Kier molecular flexibility index (Phi) is 4.52. The summed E-state index contributed by atoms with van der Waals surface area (Å²) in [4.78, 5) is 18.0. The Morgan fingerprint density at radius 1 is 1.33 bits per heavy atom. The van der Waals surface area contributed by atoms with E-state index < -0.39 is 17.3 Å². The highest BCUT2D eigenvalue weighted by molar-refractivity contribution is 6.42. The van der Waals surface area contributed by atoms with Gasteiger partial charge in [0.05, 0.1) is 18.4 Å². The van der Waals surface area contributed by atoms with E-state index in [0.717, 1.165) is 0 Å². The molecule has 0 bridgehead atoms. The van der Waals surface area contributed by atoms with Gasteiger partial charge in [0.2, 0.25) is 0 Å². The van der Waals surface area contributed by atoms with Gasteiger partial charge in [-0.05, 0) is 25.1 Å². The van der Waals surface area contributed by atoms with Crippen molar-refractivity contribution in [1.29, 1.82) is 0 Å². The summed E-state index contributed by atoms with van der Waals surface area (Å²) in [6, 6.07) is 4.28. The Bertz CT molecular complexity index is 820. The van der Waals surface area contributed by atoms with Gasteiger partial charge in [-0.3, -0.25) is 19.4 Å². The molecule has 7 nitrogen and oxygen atoms in total. The lowest BCUT2D eigenvalue weighted by Crippen LogP contribution is -2.52. The molecule has 128 valence electrons. The maximum atomic E-state index is 14.3. The zero-order chi connectivity index (χ0) is 16.8. The van der Waals surface area contributed by atoms with Crippen LogP contribution >= 0.6 is 12.4 Å². The molecule has 1 aromatic heterocycles. The third-order valence-electron chi connectivity index (χ3n) is 3.87. The number of nitrogen functional groups attached to an aromatic ring is 1. The topological polar surface area (TPSA) is 103 Å². The summed E-state index contributed by atoms with van der Waals surface area (Å²) >= 11 is 0. The summed E-state index contributed by atoms with van der Waals surface area (Å²) in [7, 11) is 1.74. The van der Waals surface area contributed by atoms with E-state index in [1.54, 1.807) is 31.0 Å². The molecule has 1 atom stereocenters. The maximum absolute atomic E-state index is 14.3. The second-order valence-electron chi connectivity index (χ2n) is 5.77. The number of aromatic nitrogens is 2. The summed E-state index contributed by atoms with van der Waals surface area (Å²) in [5, 5.41) is 4.05. The smallest absolute Gasteiger partial charge is 0.293 e. The Balaban J connectivity index is 0.00000208. The van der Waals surface area contributed by atoms with Gasteiger partial charge in [0.15, 0.2) is 5.84 Å². The summed E-state index contributed by atoms with van der Waals surface area (Å²) in [6.07, 6.45) is 3.24. The number of benzene rings is 1. The van der Waals surface area contributed by atoms with Gasteiger partial charge < -0.3 is 11.5 Å². The number of amidine groups is 1. The van der Waals surface area contributed by atoms with Crippen LogP contribution in [0.4, 0.5) is 15.8 Å². The molecule has 1 unspecified atom stereocenters. The van der Waals surface area contributed by atoms with Gasteiger partial charge in [0.1, 0.15) is 11.4 Å². The predicted molar refractivity (Wildman–Crippen MR) is 92.6 cm³/mol. The third-order valence-corrected chi connectivity index (χ3v) is 3.87. The Labute approximate surface area is 144 Å². The van der Waals surface area contributed by atoms with Gasteiger partial charge in [-0.1, -0.05) is 0 Å². The third kappa shape index (κ3) is 2.92. The summed E-state index contributed by atoms with van der Waals surface area (Å²) in [6.45, 7) is 1.85. The fraction of sp³-hybridized carbons (Fsp3) is 0.267. The first-order valence-corrected chi connectivity index (χ1v) is 7.01. The monoisotopic (exact) mass is 352 g/mol. The minimum absolute atomic E-state index is 0. The first-order chi connectivity index (χ1) is 10.8. The van der Waals surface area contributed by atoms with E-state index in [1.165, 1.54) is 23.1 Å². The largest absolute Gasteiger partial charge is 0.399 e. The molecule has 0 fully saturated rings. The molecule has 1 aromatic carbocycles. The van der Waals surface area contributed by atoms with E-state index in [-0.39, 0.29) is 24.8 Å². The Morgan fingerprint density at radius 3 is 2.67 bits per heavy atom. The van der Waals surface area contributed by atoms with E-state index in [4.69, 9.17) is 11.5 Å². The zero-order valence-electron chi connectivity index (χ0n) is 13.2. The number of amides is 1. The standard InChI is InChI=1S/C15H17FN6O.ClH/c1-15(11-5-9(17)3-4-12(11)16)8-22(14(23)13(18)20-15)10-6-19-21(2)7-10;/h3-7H,8,17H2,1-2H3,(H2,18,20);1H. The molecule has 3 rings (SSSR count). The van der Waals surface area contributed by atoms with E-state index in [2.05, 4.69) is 10.1 Å². The van der Waals surface area contributed by atoms with Crippen LogP contribution in [0, 0.1) is 5.82 Å². The number of nitrogens with zero attached hydrogens (tertiary/aromatic N) is 4. The number of halogens is 2. The first kappa shape index (κ1) is 17.7. The number of aryl methyl sites for hydroxylation is 1. The molecule has 9 heteroatoms. The summed E-state index contributed by atoms with van der Waals surface area (Å²) in [5.41, 5.74) is 11.8. The van der Waals surface area contributed by atoms with Crippen molar-refractivity contribution in [3.05, 3.63) is 42.0 Å². The van der Waals surface area contributed by atoms with E-state index in [1.807, 2.05) is 0 Å². The molecule has 0 radical (unpaired) electrons. The van der Waals surface area contributed by atoms with Crippen molar-refractivity contribution in [3.8, 4) is 0 Å². The van der Waals surface area contributed by atoms with Crippen LogP contribution in [0.5, 0.6) is 0 Å². The Hall–Kier alpha value is -2.61. The average Bonchev–Trinajstić information content (AvgIpc) is 2.92. The van der Waals surface area contributed by atoms with E-state index in [0.29, 0.717) is 16.9 Å². The van der Waals surface area contributed by atoms with Crippen molar-refractivity contribution < 1.29 is 9.18 Å². The molecule has 0 saturated heterocycles. The summed E-state index contributed by atoms with van der Waals surface area (Å²) in [5.74, 6) is -1.05. The number of hydrogen-bond acceptors (Lipinski definition) is 5. The molecular formula is C15H18ClFN6O. The van der Waals surface area contributed by atoms with Crippen LogP contribution in [0.2, 0.25) is 0 Å². The average molecular weight is 353 g/mol. The van der Waals surface area contributed by atoms with Gasteiger partial charge in [-0.2, -0.15) is 5.10 Å². The zero-order valence-corrected chi connectivity index (χ0v) is 14.0. The van der Waals surface area contributed by atoms with Gasteiger partial charge >= 0.3 is 0 Å². The second kappa shape index (κ2) is 6.12. The van der Waals surface area contributed by atoms with Crippen LogP contribution in [-0.2, 0) is 17.4 Å². The summed E-state index contributed by atoms with van der Waals surface area (Å²) < 4.78 is 15.8. The molecule has 2 heterocycles. The highest BCUT2D eigenvalue weighted by atomic mass is 35.5. The predicted octanol–water partition coefficient (Wildman–Crippen LogP) is 1.18. The number of anilines is 2. The molecule has 0 spiro atoms.